The van der Waals surface area contributed by atoms with Crippen molar-refractivity contribution >= 4 is 5.97 Å². The van der Waals surface area contributed by atoms with Crippen LogP contribution < -0.4 is 0 Å². The van der Waals surface area contributed by atoms with Crippen LogP contribution in [0.25, 0.3) is 0 Å². The molecule has 17 heavy (non-hydrogen) atoms. The van der Waals surface area contributed by atoms with E-state index in [4.69, 9.17) is 4.74 Å². The van der Waals surface area contributed by atoms with Crippen molar-refractivity contribution in [3.05, 3.63) is 11.6 Å². The smallest absolute Gasteiger partial charge is 0.333 e. The maximum atomic E-state index is 11.6. The topological polar surface area (TPSA) is 26.3 Å². The Morgan fingerprint density at radius 2 is 1.71 bits per heavy atom. The summed E-state index contributed by atoms with van der Waals surface area (Å²) in [7, 11) is 1.45. The largest absolute Gasteiger partial charge is 0.466 e. The highest BCUT2D eigenvalue weighted by molar-refractivity contribution is 5.87. The summed E-state index contributed by atoms with van der Waals surface area (Å²) in [4.78, 5) is 11.6. The molecule has 1 aliphatic carbocycles. The Morgan fingerprint density at radius 1 is 1.18 bits per heavy atom. The van der Waals surface area contributed by atoms with Gasteiger partial charge in [-0.05, 0) is 30.6 Å². The molecule has 0 heterocycles. The van der Waals surface area contributed by atoms with E-state index in [0.717, 1.165) is 5.57 Å². The SMILES string of the molecule is COC(=O)C(C)=CC1(C(C)(C)C)CCCCC1. The van der Waals surface area contributed by atoms with Gasteiger partial charge in [-0.15, -0.1) is 0 Å². The third-order valence-corrected chi connectivity index (χ3v) is 4.24. The second kappa shape index (κ2) is 5.24. The summed E-state index contributed by atoms with van der Waals surface area (Å²) < 4.78 is 4.80. The van der Waals surface area contributed by atoms with Crippen molar-refractivity contribution in [2.75, 3.05) is 7.11 Å². The lowest BCUT2D eigenvalue weighted by atomic mass is 9.59. The average molecular weight is 238 g/mol. The zero-order chi connectivity index (χ0) is 13.1. The van der Waals surface area contributed by atoms with Gasteiger partial charge in [-0.2, -0.15) is 0 Å². The molecule has 0 aromatic heterocycles. The Labute approximate surface area is 105 Å². The maximum Gasteiger partial charge on any atom is 0.333 e. The minimum absolute atomic E-state index is 0.156. The standard InChI is InChI=1S/C15H26O2/c1-12(13(16)17-5)11-15(14(2,3)4)9-7-6-8-10-15/h11H,6-10H2,1-5H3. The third-order valence-electron chi connectivity index (χ3n) is 4.24. The summed E-state index contributed by atoms with van der Waals surface area (Å²) in [6.07, 6.45) is 8.40. The molecule has 0 bridgehead atoms. The van der Waals surface area contributed by atoms with Gasteiger partial charge in [-0.1, -0.05) is 46.1 Å². The molecule has 0 N–H and O–H groups in total. The highest BCUT2D eigenvalue weighted by atomic mass is 16.5. The molecule has 1 aliphatic rings. The van der Waals surface area contributed by atoms with Crippen molar-refractivity contribution < 1.29 is 9.53 Å². The van der Waals surface area contributed by atoms with Crippen LogP contribution in [0.3, 0.4) is 0 Å². The van der Waals surface area contributed by atoms with Crippen molar-refractivity contribution in [3.63, 3.8) is 0 Å². The van der Waals surface area contributed by atoms with E-state index in [-0.39, 0.29) is 16.8 Å². The average Bonchev–Trinajstić information content (AvgIpc) is 2.27. The predicted octanol–water partition coefficient (Wildman–Crippen LogP) is 4.10. The predicted molar refractivity (Wildman–Crippen MR) is 70.7 cm³/mol. The number of hydrogen-bond donors (Lipinski definition) is 0. The van der Waals surface area contributed by atoms with Crippen LogP contribution in [0.15, 0.2) is 11.6 Å². The second-order valence-corrected chi connectivity index (χ2v) is 6.29. The van der Waals surface area contributed by atoms with E-state index in [2.05, 4.69) is 26.8 Å². The number of hydrogen-bond acceptors (Lipinski definition) is 2. The van der Waals surface area contributed by atoms with Gasteiger partial charge >= 0.3 is 5.97 Å². The molecule has 0 radical (unpaired) electrons. The zero-order valence-electron chi connectivity index (χ0n) is 11.9. The van der Waals surface area contributed by atoms with Gasteiger partial charge in [0, 0.05) is 5.57 Å². The first-order valence-corrected chi connectivity index (χ1v) is 6.60. The molecule has 0 saturated heterocycles. The van der Waals surface area contributed by atoms with E-state index in [1.165, 1.54) is 39.2 Å². The Hall–Kier alpha value is -0.790. The minimum Gasteiger partial charge on any atom is -0.466 e. The van der Waals surface area contributed by atoms with Gasteiger partial charge in [0.1, 0.15) is 0 Å². The molecule has 0 aromatic rings. The summed E-state index contributed by atoms with van der Waals surface area (Å²) in [5.41, 5.74) is 1.11. The van der Waals surface area contributed by atoms with Crippen LogP contribution >= 0.6 is 0 Å². The molecule has 2 heteroatoms. The van der Waals surface area contributed by atoms with Gasteiger partial charge in [-0.25, -0.2) is 4.79 Å². The van der Waals surface area contributed by atoms with Crippen LogP contribution in [0.4, 0.5) is 0 Å². The van der Waals surface area contributed by atoms with Crippen molar-refractivity contribution in [2.45, 2.75) is 59.8 Å². The quantitative estimate of drug-likeness (QED) is 0.534. The summed E-state index contributed by atoms with van der Waals surface area (Å²) >= 11 is 0. The van der Waals surface area contributed by atoms with Crippen LogP contribution in [0.2, 0.25) is 0 Å². The number of rotatable bonds is 2. The molecule has 98 valence electrons. The van der Waals surface area contributed by atoms with Gasteiger partial charge in [0.15, 0.2) is 0 Å². The van der Waals surface area contributed by atoms with Crippen LogP contribution in [0, 0.1) is 10.8 Å². The van der Waals surface area contributed by atoms with Crippen molar-refractivity contribution in [2.24, 2.45) is 10.8 Å². The summed E-state index contributed by atoms with van der Waals surface area (Å²) in [5, 5.41) is 0. The fourth-order valence-electron chi connectivity index (χ4n) is 2.93. The van der Waals surface area contributed by atoms with Gasteiger partial charge in [-0.3, -0.25) is 0 Å². The lowest BCUT2D eigenvalue weighted by Gasteiger charge is -2.46. The number of ether oxygens (including phenoxy) is 1. The number of carbonyl (C=O) groups is 1. The lowest BCUT2D eigenvalue weighted by molar-refractivity contribution is -0.136. The van der Waals surface area contributed by atoms with E-state index >= 15 is 0 Å². The molecule has 1 saturated carbocycles. The van der Waals surface area contributed by atoms with Gasteiger partial charge in [0.05, 0.1) is 7.11 Å². The Bertz CT molecular complexity index is 301. The van der Waals surface area contributed by atoms with E-state index < -0.39 is 0 Å². The molecule has 0 aliphatic heterocycles. The first-order valence-electron chi connectivity index (χ1n) is 6.60. The molecule has 0 aromatic carbocycles. The number of carbonyl (C=O) groups excluding carboxylic acids is 1. The molecule has 0 amide bonds. The Kier molecular flexibility index (Phi) is 4.40. The molecule has 1 fully saturated rings. The summed E-state index contributed by atoms with van der Waals surface area (Å²) in [6, 6.07) is 0. The summed E-state index contributed by atoms with van der Waals surface area (Å²) in [6.45, 7) is 8.70. The lowest BCUT2D eigenvalue weighted by Crippen LogP contribution is -2.36. The van der Waals surface area contributed by atoms with Gasteiger partial charge < -0.3 is 4.74 Å². The number of esters is 1. The molecule has 0 atom stereocenters. The van der Waals surface area contributed by atoms with Crippen molar-refractivity contribution in [1.82, 2.24) is 0 Å². The molecular weight excluding hydrogens is 212 g/mol. The number of methoxy groups -OCH3 is 1. The first-order chi connectivity index (χ1) is 7.82. The molecular formula is C15H26O2. The fourth-order valence-corrected chi connectivity index (χ4v) is 2.93. The molecule has 1 rings (SSSR count). The maximum absolute atomic E-state index is 11.6. The minimum atomic E-state index is -0.195. The molecule has 0 spiro atoms. The Balaban J connectivity index is 3.03. The number of allylic oxidation sites excluding steroid dienone is 1. The highest BCUT2D eigenvalue weighted by Gasteiger charge is 2.41. The summed E-state index contributed by atoms with van der Waals surface area (Å²) in [5.74, 6) is -0.195. The Morgan fingerprint density at radius 3 is 2.12 bits per heavy atom. The first kappa shape index (κ1) is 14.3. The molecule has 2 nitrogen and oxygen atoms in total. The monoisotopic (exact) mass is 238 g/mol. The zero-order valence-corrected chi connectivity index (χ0v) is 11.9. The van der Waals surface area contributed by atoms with E-state index in [0.29, 0.717) is 0 Å². The van der Waals surface area contributed by atoms with Crippen LogP contribution in [-0.2, 0) is 9.53 Å². The van der Waals surface area contributed by atoms with E-state index in [1.54, 1.807) is 0 Å². The van der Waals surface area contributed by atoms with Gasteiger partial charge in [0.25, 0.3) is 0 Å². The second-order valence-electron chi connectivity index (χ2n) is 6.29. The highest BCUT2D eigenvalue weighted by Crippen LogP contribution is 2.51. The van der Waals surface area contributed by atoms with Crippen LogP contribution in [0.1, 0.15) is 59.8 Å². The molecule has 0 unspecified atom stereocenters. The van der Waals surface area contributed by atoms with E-state index in [9.17, 15) is 4.79 Å². The van der Waals surface area contributed by atoms with Crippen LogP contribution in [-0.4, -0.2) is 13.1 Å². The van der Waals surface area contributed by atoms with Crippen molar-refractivity contribution in [3.8, 4) is 0 Å². The van der Waals surface area contributed by atoms with Gasteiger partial charge in [0.2, 0.25) is 0 Å². The normalized spacial score (nSPS) is 21.1. The third kappa shape index (κ3) is 3.11. The van der Waals surface area contributed by atoms with E-state index in [1.807, 2.05) is 6.92 Å². The van der Waals surface area contributed by atoms with Crippen molar-refractivity contribution in [1.29, 1.82) is 0 Å². The fraction of sp³-hybridized carbons (Fsp3) is 0.800. The van der Waals surface area contributed by atoms with Crippen LogP contribution in [0.5, 0.6) is 0 Å².